The highest BCUT2D eigenvalue weighted by molar-refractivity contribution is 5.90. The van der Waals surface area contributed by atoms with Gasteiger partial charge in [0, 0.05) is 18.1 Å². The maximum Gasteiger partial charge on any atom is 0.256 e. The molecule has 0 aliphatic carbocycles. The number of carbonyl (C=O) groups is 1. The largest absolute Gasteiger partial charge is 0.489 e. The summed E-state index contributed by atoms with van der Waals surface area (Å²) < 4.78 is 59.3. The van der Waals surface area contributed by atoms with Gasteiger partial charge in [0.05, 0.1) is 17.8 Å². The summed E-state index contributed by atoms with van der Waals surface area (Å²) in [5, 5.41) is 0. The van der Waals surface area contributed by atoms with Crippen LogP contribution in [0.15, 0.2) is 30.9 Å². The molecule has 3 nitrogen and oxygen atoms in total. The van der Waals surface area contributed by atoms with Crippen LogP contribution in [0.1, 0.15) is 18.9 Å². The maximum atomic E-state index is 14.3. The van der Waals surface area contributed by atoms with Crippen molar-refractivity contribution in [2.24, 2.45) is 5.92 Å². The minimum absolute atomic E-state index is 0.0508. The highest BCUT2D eigenvalue weighted by Gasteiger charge is 2.32. The predicted molar refractivity (Wildman–Crippen MR) is 81.5 cm³/mol. The molecular formula is C17H17F4NO2. The first-order valence-corrected chi connectivity index (χ1v) is 7.38. The summed E-state index contributed by atoms with van der Waals surface area (Å²) in [6, 6.07) is 1.90. The number of amides is 1. The lowest BCUT2D eigenvalue weighted by Gasteiger charge is -2.32. The number of halogens is 4. The molecular weight excluding hydrogens is 326 g/mol. The molecule has 0 aromatic heterocycles. The molecule has 1 amide bonds. The van der Waals surface area contributed by atoms with E-state index in [4.69, 9.17) is 4.74 Å². The molecule has 0 N–H and O–H groups in total. The maximum absolute atomic E-state index is 14.3. The molecule has 7 heteroatoms. The molecule has 24 heavy (non-hydrogen) atoms. The Balaban J connectivity index is 2.44. The average Bonchev–Trinajstić information content (AvgIpc) is 2.51. The zero-order chi connectivity index (χ0) is 17.9. The van der Waals surface area contributed by atoms with Gasteiger partial charge in [0.2, 0.25) is 5.91 Å². The van der Waals surface area contributed by atoms with E-state index in [1.807, 2.05) is 0 Å². The standard InChI is InChI=1S/C17H17F4NO2/c1-3-6-24-11-7-12(18)16(13(19)8-11)14-5-4-10(2)17(23)22(14)9-15(20)21/h3,5,7-8,10,15H,1,4,6,9H2,2H3. The van der Waals surface area contributed by atoms with Gasteiger partial charge in [-0.05, 0) is 6.42 Å². The van der Waals surface area contributed by atoms with Crippen LogP contribution in [-0.2, 0) is 4.79 Å². The zero-order valence-electron chi connectivity index (χ0n) is 13.1. The van der Waals surface area contributed by atoms with Crippen LogP contribution < -0.4 is 4.74 Å². The summed E-state index contributed by atoms with van der Waals surface area (Å²) in [6.45, 7) is 4.15. The van der Waals surface area contributed by atoms with Crippen LogP contribution in [0.2, 0.25) is 0 Å². The number of nitrogens with zero attached hydrogens (tertiary/aromatic N) is 1. The van der Waals surface area contributed by atoms with Gasteiger partial charge in [0.15, 0.2) is 0 Å². The fraction of sp³-hybridized carbons (Fsp3) is 0.353. The Hall–Kier alpha value is -2.31. The van der Waals surface area contributed by atoms with E-state index in [1.54, 1.807) is 6.92 Å². The second-order valence-corrected chi connectivity index (χ2v) is 5.43. The average molecular weight is 343 g/mol. The van der Waals surface area contributed by atoms with E-state index in [2.05, 4.69) is 6.58 Å². The van der Waals surface area contributed by atoms with Gasteiger partial charge >= 0.3 is 0 Å². The monoisotopic (exact) mass is 343 g/mol. The first-order chi connectivity index (χ1) is 11.3. The van der Waals surface area contributed by atoms with Crippen LogP contribution in [0.3, 0.4) is 0 Å². The molecule has 1 aliphatic rings. The molecule has 1 unspecified atom stereocenters. The Morgan fingerprint density at radius 3 is 2.54 bits per heavy atom. The highest BCUT2D eigenvalue weighted by Crippen LogP contribution is 2.34. The Bertz CT molecular complexity index is 650. The molecule has 0 radical (unpaired) electrons. The third-order valence-electron chi connectivity index (χ3n) is 3.60. The van der Waals surface area contributed by atoms with Crippen molar-refractivity contribution in [3.63, 3.8) is 0 Å². The van der Waals surface area contributed by atoms with Crippen LogP contribution in [0, 0.1) is 17.6 Å². The van der Waals surface area contributed by atoms with Crippen LogP contribution in [0.5, 0.6) is 5.75 Å². The fourth-order valence-electron chi connectivity index (χ4n) is 2.48. The number of ether oxygens (including phenoxy) is 1. The van der Waals surface area contributed by atoms with E-state index < -0.39 is 42.0 Å². The Morgan fingerprint density at radius 1 is 1.38 bits per heavy atom. The minimum atomic E-state index is -2.82. The summed E-state index contributed by atoms with van der Waals surface area (Å²) >= 11 is 0. The van der Waals surface area contributed by atoms with E-state index in [-0.39, 0.29) is 24.5 Å². The second-order valence-electron chi connectivity index (χ2n) is 5.43. The third kappa shape index (κ3) is 3.77. The van der Waals surface area contributed by atoms with Crippen molar-refractivity contribution in [1.82, 2.24) is 4.90 Å². The molecule has 0 bridgehead atoms. The van der Waals surface area contributed by atoms with Crippen molar-refractivity contribution in [2.75, 3.05) is 13.2 Å². The SMILES string of the molecule is C=CCOc1cc(F)c(C2=CCC(C)C(=O)N2CC(F)F)c(F)c1. The van der Waals surface area contributed by atoms with Gasteiger partial charge in [-0.2, -0.15) is 0 Å². The quantitative estimate of drug-likeness (QED) is 0.577. The van der Waals surface area contributed by atoms with Crippen molar-refractivity contribution in [3.8, 4) is 5.75 Å². The molecule has 0 fully saturated rings. The van der Waals surface area contributed by atoms with Crippen LogP contribution in [-0.4, -0.2) is 30.4 Å². The smallest absolute Gasteiger partial charge is 0.256 e. The van der Waals surface area contributed by atoms with Gasteiger partial charge in [-0.3, -0.25) is 4.79 Å². The summed E-state index contributed by atoms with van der Waals surface area (Å²) in [6.07, 6.45) is 0.225. The van der Waals surface area contributed by atoms with Gasteiger partial charge in [-0.15, -0.1) is 0 Å². The van der Waals surface area contributed by atoms with E-state index in [0.29, 0.717) is 0 Å². The molecule has 130 valence electrons. The van der Waals surface area contributed by atoms with E-state index in [1.165, 1.54) is 12.2 Å². The molecule has 1 aliphatic heterocycles. The molecule has 1 aromatic carbocycles. The number of benzene rings is 1. The predicted octanol–water partition coefficient (Wildman–Crippen LogP) is 4.00. The number of hydrogen-bond donors (Lipinski definition) is 0. The molecule has 0 spiro atoms. The highest BCUT2D eigenvalue weighted by atomic mass is 19.3. The van der Waals surface area contributed by atoms with E-state index in [9.17, 15) is 22.4 Å². The van der Waals surface area contributed by atoms with Crippen molar-refractivity contribution in [2.45, 2.75) is 19.8 Å². The van der Waals surface area contributed by atoms with Crippen molar-refractivity contribution < 1.29 is 27.1 Å². The lowest BCUT2D eigenvalue weighted by molar-refractivity contribution is -0.133. The molecule has 1 atom stereocenters. The Kier molecular flexibility index (Phi) is 5.64. The third-order valence-corrected chi connectivity index (χ3v) is 3.60. The van der Waals surface area contributed by atoms with Gasteiger partial charge in [0.25, 0.3) is 6.43 Å². The summed E-state index contributed by atoms with van der Waals surface area (Å²) in [4.78, 5) is 12.9. The lowest BCUT2D eigenvalue weighted by atomic mass is 9.96. The topological polar surface area (TPSA) is 29.5 Å². The van der Waals surface area contributed by atoms with Crippen LogP contribution in [0.25, 0.3) is 5.70 Å². The van der Waals surface area contributed by atoms with E-state index in [0.717, 1.165) is 17.0 Å². The molecule has 1 heterocycles. The molecule has 1 aromatic rings. The number of alkyl halides is 2. The summed E-state index contributed by atoms with van der Waals surface area (Å²) in [5.74, 6) is -3.12. The molecule has 0 saturated carbocycles. The van der Waals surface area contributed by atoms with Gasteiger partial charge in [0.1, 0.15) is 24.0 Å². The van der Waals surface area contributed by atoms with Crippen molar-refractivity contribution in [3.05, 3.63) is 48.1 Å². The van der Waals surface area contributed by atoms with Gasteiger partial charge < -0.3 is 9.64 Å². The normalized spacial score (nSPS) is 17.9. The summed E-state index contributed by atoms with van der Waals surface area (Å²) in [5.41, 5.74) is -0.689. The summed E-state index contributed by atoms with van der Waals surface area (Å²) in [7, 11) is 0. The first-order valence-electron chi connectivity index (χ1n) is 7.38. The van der Waals surface area contributed by atoms with Crippen molar-refractivity contribution in [1.29, 1.82) is 0 Å². The zero-order valence-corrected chi connectivity index (χ0v) is 13.1. The number of rotatable bonds is 6. The van der Waals surface area contributed by atoms with Gasteiger partial charge in [-0.1, -0.05) is 25.7 Å². The minimum Gasteiger partial charge on any atom is -0.489 e. The number of allylic oxidation sites excluding steroid dienone is 1. The molecule has 2 rings (SSSR count). The number of hydrogen-bond acceptors (Lipinski definition) is 2. The van der Waals surface area contributed by atoms with Crippen molar-refractivity contribution >= 4 is 11.6 Å². The van der Waals surface area contributed by atoms with Gasteiger partial charge in [-0.25, -0.2) is 17.6 Å². The van der Waals surface area contributed by atoms with Crippen LogP contribution in [0.4, 0.5) is 17.6 Å². The fourth-order valence-corrected chi connectivity index (χ4v) is 2.48. The lowest BCUT2D eigenvalue weighted by Crippen LogP contribution is -2.40. The second kappa shape index (κ2) is 7.51. The molecule has 0 saturated heterocycles. The van der Waals surface area contributed by atoms with Crippen LogP contribution >= 0.6 is 0 Å². The Labute approximate surface area is 137 Å². The Morgan fingerprint density at radius 2 is 2.00 bits per heavy atom. The first kappa shape index (κ1) is 18.0. The number of carbonyl (C=O) groups excluding carboxylic acids is 1. The van der Waals surface area contributed by atoms with E-state index >= 15 is 0 Å².